The lowest BCUT2D eigenvalue weighted by Crippen LogP contribution is -2.50. The number of benzene rings is 2. The highest BCUT2D eigenvalue weighted by molar-refractivity contribution is 5.94. The Kier molecular flexibility index (Phi) is 4.91. The van der Waals surface area contributed by atoms with Crippen LogP contribution in [0.15, 0.2) is 54.6 Å². The van der Waals surface area contributed by atoms with Crippen LogP contribution in [0, 0.1) is 0 Å². The second-order valence-corrected chi connectivity index (χ2v) is 5.98. The summed E-state index contributed by atoms with van der Waals surface area (Å²) in [6.45, 7) is 2.85. The summed E-state index contributed by atoms with van der Waals surface area (Å²) in [5.41, 5.74) is 8.13. The molecule has 0 radical (unpaired) electrons. The maximum absolute atomic E-state index is 12.6. The summed E-state index contributed by atoms with van der Waals surface area (Å²) >= 11 is 0. The highest BCUT2D eigenvalue weighted by atomic mass is 16.2. The van der Waals surface area contributed by atoms with Crippen LogP contribution in [-0.4, -0.2) is 54.3 Å². The molecule has 1 aliphatic rings. The molecule has 1 fully saturated rings. The number of primary amides is 1. The second kappa shape index (κ2) is 7.27. The number of hydrogen-bond donors (Lipinski definition) is 1. The first-order valence-electron chi connectivity index (χ1n) is 8.09. The van der Waals surface area contributed by atoms with Gasteiger partial charge in [-0.2, -0.15) is 0 Å². The van der Waals surface area contributed by atoms with Gasteiger partial charge in [0.15, 0.2) is 0 Å². The van der Waals surface area contributed by atoms with E-state index < -0.39 is 0 Å². The summed E-state index contributed by atoms with van der Waals surface area (Å²) in [6.07, 6.45) is 0. The highest BCUT2D eigenvalue weighted by Crippen LogP contribution is 2.20. The fraction of sp³-hybridized carbons (Fsp3) is 0.263. The average molecular weight is 323 g/mol. The zero-order valence-electron chi connectivity index (χ0n) is 13.5. The first kappa shape index (κ1) is 16.2. The quantitative estimate of drug-likeness (QED) is 0.929. The Balaban J connectivity index is 1.63. The van der Waals surface area contributed by atoms with E-state index in [1.54, 1.807) is 0 Å². The van der Waals surface area contributed by atoms with Crippen molar-refractivity contribution in [1.29, 1.82) is 0 Å². The molecule has 5 heteroatoms. The van der Waals surface area contributed by atoms with E-state index in [2.05, 4.69) is 12.1 Å². The number of carbonyl (C=O) groups is 2. The molecule has 0 bridgehead atoms. The van der Waals surface area contributed by atoms with Crippen LogP contribution in [-0.2, 0) is 4.79 Å². The molecule has 5 nitrogen and oxygen atoms in total. The molecular weight excluding hydrogens is 302 g/mol. The molecule has 0 unspecified atom stereocenters. The van der Waals surface area contributed by atoms with Gasteiger partial charge in [0, 0.05) is 31.7 Å². The van der Waals surface area contributed by atoms with Gasteiger partial charge in [0.25, 0.3) is 5.91 Å². The van der Waals surface area contributed by atoms with Crippen LogP contribution < -0.4 is 5.73 Å². The molecule has 0 saturated carbocycles. The highest BCUT2D eigenvalue weighted by Gasteiger charge is 2.22. The number of nitrogens with zero attached hydrogens (tertiary/aromatic N) is 2. The predicted molar refractivity (Wildman–Crippen MR) is 93.4 cm³/mol. The van der Waals surface area contributed by atoms with Gasteiger partial charge in [-0.25, -0.2) is 0 Å². The van der Waals surface area contributed by atoms with Crippen LogP contribution in [0.5, 0.6) is 0 Å². The third-order valence-electron chi connectivity index (χ3n) is 4.28. The number of rotatable bonds is 4. The topological polar surface area (TPSA) is 66.6 Å². The van der Waals surface area contributed by atoms with Crippen LogP contribution in [0.2, 0.25) is 0 Å². The van der Waals surface area contributed by atoms with Crippen molar-refractivity contribution in [3.05, 3.63) is 60.2 Å². The van der Waals surface area contributed by atoms with Gasteiger partial charge in [-0.05, 0) is 23.3 Å². The largest absolute Gasteiger partial charge is 0.369 e. The van der Waals surface area contributed by atoms with Crippen molar-refractivity contribution < 1.29 is 9.59 Å². The Morgan fingerprint density at radius 3 is 2.00 bits per heavy atom. The molecule has 124 valence electrons. The fourth-order valence-corrected chi connectivity index (χ4v) is 2.95. The van der Waals surface area contributed by atoms with E-state index in [4.69, 9.17) is 5.73 Å². The van der Waals surface area contributed by atoms with E-state index in [0.717, 1.165) is 11.1 Å². The number of nitrogens with two attached hydrogens (primary N) is 1. The minimum atomic E-state index is -0.328. The number of amides is 2. The Hall–Kier alpha value is -2.66. The summed E-state index contributed by atoms with van der Waals surface area (Å²) in [5.74, 6) is -0.292. The number of hydrogen-bond acceptors (Lipinski definition) is 3. The van der Waals surface area contributed by atoms with Crippen LogP contribution in [0.3, 0.4) is 0 Å². The second-order valence-electron chi connectivity index (χ2n) is 5.98. The van der Waals surface area contributed by atoms with Gasteiger partial charge in [-0.3, -0.25) is 14.5 Å². The lowest BCUT2D eigenvalue weighted by Gasteiger charge is -2.34. The maximum Gasteiger partial charge on any atom is 0.253 e. The van der Waals surface area contributed by atoms with Crippen molar-refractivity contribution in [3.63, 3.8) is 0 Å². The van der Waals surface area contributed by atoms with E-state index in [-0.39, 0.29) is 18.4 Å². The van der Waals surface area contributed by atoms with Crippen LogP contribution in [0.1, 0.15) is 10.4 Å². The van der Waals surface area contributed by atoms with Gasteiger partial charge >= 0.3 is 0 Å². The minimum absolute atomic E-state index is 0.0355. The van der Waals surface area contributed by atoms with Crippen LogP contribution in [0.4, 0.5) is 0 Å². The van der Waals surface area contributed by atoms with Gasteiger partial charge in [0.1, 0.15) is 0 Å². The summed E-state index contributed by atoms with van der Waals surface area (Å²) in [4.78, 5) is 27.4. The molecule has 0 aliphatic carbocycles. The van der Waals surface area contributed by atoms with Gasteiger partial charge in [0.2, 0.25) is 5.91 Å². The van der Waals surface area contributed by atoms with Gasteiger partial charge in [-0.1, -0.05) is 42.5 Å². The van der Waals surface area contributed by atoms with Crippen molar-refractivity contribution in [1.82, 2.24) is 9.80 Å². The first-order valence-corrected chi connectivity index (χ1v) is 8.09. The molecule has 2 N–H and O–H groups in total. The van der Waals surface area contributed by atoms with Gasteiger partial charge < -0.3 is 10.6 Å². The lowest BCUT2D eigenvalue weighted by atomic mass is 10.0. The zero-order chi connectivity index (χ0) is 16.9. The summed E-state index contributed by atoms with van der Waals surface area (Å²) in [7, 11) is 0. The summed E-state index contributed by atoms with van der Waals surface area (Å²) < 4.78 is 0. The predicted octanol–water partition coefficient (Wildman–Crippen LogP) is 1.60. The average Bonchev–Trinajstić information content (AvgIpc) is 2.62. The molecule has 24 heavy (non-hydrogen) atoms. The molecule has 3 rings (SSSR count). The van der Waals surface area contributed by atoms with E-state index in [1.165, 1.54) is 0 Å². The third kappa shape index (κ3) is 3.81. The Labute approximate surface area is 141 Å². The van der Waals surface area contributed by atoms with Crippen molar-refractivity contribution in [2.24, 2.45) is 5.73 Å². The molecule has 2 aromatic rings. The van der Waals surface area contributed by atoms with E-state index in [9.17, 15) is 9.59 Å². The standard InChI is InChI=1S/C19H21N3O2/c20-18(23)14-21-10-12-22(13-11-21)19(24)17-8-6-16(7-9-17)15-4-2-1-3-5-15/h1-9H,10-14H2,(H2,20,23). The van der Waals surface area contributed by atoms with Crippen molar-refractivity contribution >= 4 is 11.8 Å². The molecule has 2 aromatic carbocycles. The number of carbonyl (C=O) groups excluding carboxylic acids is 2. The van der Waals surface area contributed by atoms with Crippen molar-refractivity contribution in [2.45, 2.75) is 0 Å². The normalized spacial score (nSPS) is 15.2. The Bertz CT molecular complexity index is 705. The monoisotopic (exact) mass is 323 g/mol. The van der Waals surface area contributed by atoms with E-state index in [1.807, 2.05) is 52.3 Å². The van der Waals surface area contributed by atoms with Gasteiger partial charge in [0.05, 0.1) is 6.54 Å². The maximum atomic E-state index is 12.6. The first-order chi connectivity index (χ1) is 11.6. The van der Waals surface area contributed by atoms with Crippen molar-refractivity contribution in [2.75, 3.05) is 32.7 Å². The van der Waals surface area contributed by atoms with Crippen molar-refractivity contribution in [3.8, 4) is 11.1 Å². The molecule has 0 atom stereocenters. The summed E-state index contributed by atoms with van der Waals surface area (Å²) in [6, 6.07) is 17.8. The molecule has 2 amide bonds. The summed E-state index contributed by atoms with van der Waals surface area (Å²) in [5, 5.41) is 0. The SMILES string of the molecule is NC(=O)CN1CCN(C(=O)c2ccc(-c3ccccc3)cc2)CC1. The molecule has 0 aromatic heterocycles. The van der Waals surface area contributed by atoms with Gasteiger partial charge in [-0.15, -0.1) is 0 Å². The molecule has 1 heterocycles. The van der Waals surface area contributed by atoms with Crippen LogP contribution >= 0.6 is 0 Å². The third-order valence-corrected chi connectivity index (χ3v) is 4.28. The lowest BCUT2D eigenvalue weighted by molar-refractivity contribution is -0.119. The van der Waals surface area contributed by atoms with Crippen LogP contribution in [0.25, 0.3) is 11.1 Å². The minimum Gasteiger partial charge on any atom is -0.369 e. The molecular formula is C19H21N3O2. The Morgan fingerprint density at radius 2 is 1.42 bits per heavy atom. The number of piperazine rings is 1. The molecule has 1 saturated heterocycles. The molecule has 1 aliphatic heterocycles. The Morgan fingerprint density at radius 1 is 0.833 bits per heavy atom. The smallest absolute Gasteiger partial charge is 0.253 e. The fourth-order valence-electron chi connectivity index (χ4n) is 2.95. The molecule has 0 spiro atoms. The zero-order valence-corrected chi connectivity index (χ0v) is 13.5. The van der Waals surface area contributed by atoms with E-state index >= 15 is 0 Å². The van der Waals surface area contributed by atoms with E-state index in [0.29, 0.717) is 31.7 Å².